The molecule has 0 aliphatic carbocycles. The number of aromatic amines is 2. The van der Waals surface area contributed by atoms with Gasteiger partial charge >= 0.3 is 11.1 Å². The van der Waals surface area contributed by atoms with Crippen molar-refractivity contribution in [1.82, 2.24) is 14.9 Å². The minimum absolute atomic E-state index is 0.625. The van der Waals surface area contributed by atoms with Crippen molar-refractivity contribution >= 4 is 27.0 Å². The van der Waals surface area contributed by atoms with Crippen molar-refractivity contribution < 1.29 is 0 Å². The second kappa shape index (κ2) is 7.15. The SMILES string of the molecule is CCN(Cc1ccccc1)Cc1cc(Br)cc2[nH]c(=O)c(=O)[nH]c12. The molecule has 3 aromatic rings. The highest BCUT2D eigenvalue weighted by atomic mass is 79.9. The number of hydrogen-bond donors (Lipinski definition) is 2. The van der Waals surface area contributed by atoms with E-state index in [0.717, 1.165) is 23.1 Å². The molecule has 0 fully saturated rings. The third-order valence-corrected chi connectivity index (χ3v) is 4.43. The monoisotopic (exact) mass is 387 g/mol. The van der Waals surface area contributed by atoms with Gasteiger partial charge in [-0.3, -0.25) is 14.5 Å². The lowest BCUT2D eigenvalue weighted by Gasteiger charge is -2.21. The summed E-state index contributed by atoms with van der Waals surface area (Å²) in [7, 11) is 0. The fourth-order valence-electron chi connectivity index (χ4n) is 2.75. The van der Waals surface area contributed by atoms with Crippen LogP contribution in [-0.2, 0) is 13.1 Å². The summed E-state index contributed by atoms with van der Waals surface area (Å²) >= 11 is 3.47. The number of benzene rings is 2. The number of nitrogens with zero attached hydrogens (tertiary/aromatic N) is 1. The number of nitrogens with one attached hydrogen (secondary N) is 2. The number of hydrogen-bond acceptors (Lipinski definition) is 3. The van der Waals surface area contributed by atoms with Gasteiger partial charge in [-0.25, -0.2) is 0 Å². The molecule has 0 saturated heterocycles. The fraction of sp³-hybridized carbons (Fsp3) is 0.222. The van der Waals surface area contributed by atoms with Gasteiger partial charge in [0.2, 0.25) is 0 Å². The summed E-state index contributed by atoms with van der Waals surface area (Å²) in [5.74, 6) is 0. The Morgan fingerprint density at radius 1 is 1.00 bits per heavy atom. The highest BCUT2D eigenvalue weighted by Gasteiger charge is 2.11. The molecular weight excluding hydrogens is 370 g/mol. The molecule has 3 rings (SSSR count). The van der Waals surface area contributed by atoms with E-state index >= 15 is 0 Å². The van der Waals surface area contributed by atoms with Crippen LogP contribution in [0.15, 0.2) is 56.5 Å². The molecule has 0 aliphatic rings. The van der Waals surface area contributed by atoms with Crippen LogP contribution in [0, 0.1) is 0 Å². The first-order chi connectivity index (χ1) is 11.6. The second-order valence-electron chi connectivity index (χ2n) is 5.68. The molecule has 124 valence electrons. The van der Waals surface area contributed by atoms with E-state index in [0.29, 0.717) is 17.6 Å². The number of aromatic nitrogens is 2. The Hall–Kier alpha value is -2.18. The first kappa shape index (κ1) is 16.7. The van der Waals surface area contributed by atoms with Crippen molar-refractivity contribution in [1.29, 1.82) is 0 Å². The van der Waals surface area contributed by atoms with Gasteiger partial charge in [-0.2, -0.15) is 0 Å². The molecule has 0 amide bonds. The van der Waals surface area contributed by atoms with Crippen LogP contribution >= 0.6 is 15.9 Å². The Bertz CT molecular complexity index is 963. The Morgan fingerprint density at radius 3 is 2.42 bits per heavy atom. The lowest BCUT2D eigenvalue weighted by atomic mass is 10.1. The van der Waals surface area contributed by atoms with Crippen LogP contribution < -0.4 is 11.1 Å². The normalized spacial score (nSPS) is 11.3. The predicted octanol–water partition coefficient (Wildman–Crippen LogP) is 3.00. The summed E-state index contributed by atoms with van der Waals surface area (Å²) in [6.07, 6.45) is 0. The van der Waals surface area contributed by atoms with Crippen LogP contribution in [0.1, 0.15) is 18.1 Å². The molecule has 0 aliphatic heterocycles. The zero-order valence-corrected chi connectivity index (χ0v) is 14.9. The Morgan fingerprint density at radius 2 is 1.71 bits per heavy atom. The van der Waals surface area contributed by atoms with Crippen molar-refractivity contribution in [2.75, 3.05) is 6.54 Å². The smallest absolute Gasteiger partial charge is 0.314 e. The van der Waals surface area contributed by atoms with Crippen LogP contribution in [0.5, 0.6) is 0 Å². The summed E-state index contributed by atoms with van der Waals surface area (Å²) in [6, 6.07) is 14.0. The van der Waals surface area contributed by atoms with Gasteiger partial charge in [0.05, 0.1) is 11.0 Å². The minimum atomic E-state index is -0.636. The van der Waals surface area contributed by atoms with Crippen molar-refractivity contribution in [2.24, 2.45) is 0 Å². The van der Waals surface area contributed by atoms with Crippen molar-refractivity contribution in [3.05, 3.63) is 78.8 Å². The van der Waals surface area contributed by atoms with Crippen molar-refractivity contribution in [2.45, 2.75) is 20.0 Å². The highest BCUT2D eigenvalue weighted by Crippen LogP contribution is 2.22. The molecule has 0 spiro atoms. The molecule has 2 N–H and O–H groups in total. The van der Waals surface area contributed by atoms with Gasteiger partial charge in [0.1, 0.15) is 0 Å². The van der Waals surface area contributed by atoms with Crippen LogP contribution in [0.4, 0.5) is 0 Å². The number of fused-ring (bicyclic) bond motifs is 1. The highest BCUT2D eigenvalue weighted by molar-refractivity contribution is 9.10. The van der Waals surface area contributed by atoms with E-state index in [1.165, 1.54) is 5.56 Å². The Kier molecular flexibility index (Phi) is 4.97. The zero-order valence-electron chi connectivity index (χ0n) is 13.3. The van der Waals surface area contributed by atoms with Gasteiger partial charge in [0.15, 0.2) is 0 Å². The molecule has 0 radical (unpaired) electrons. The molecule has 1 aromatic heterocycles. The molecule has 0 unspecified atom stereocenters. The summed E-state index contributed by atoms with van der Waals surface area (Å²) in [5, 5.41) is 0. The van der Waals surface area contributed by atoms with E-state index in [9.17, 15) is 9.59 Å². The van der Waals surface area contributed by atoms with E-state index in [1.54, 1.807) is 6.07 Å². The van der Waals surface area contributed by atoms with Crippen LogP contribution in [-0.4, -0.2) is 21.4 Å². The molecule has 2 aromatic carbocycles. The molecular formula is C18H18BrN3O2. The molecule has 0 atom stereocenters. The van der Waals surface area contributed by atoms with Gasteiger partial charge in [-0.1, -0.05) is 53.2 Å². The Labute approximate surface area is 147 Å². The van der Waals surface area contributed by atoms with Crippen LogP contribution in [0.2, 0.25) is 0 Å². The maximum atomic E-state index is 11.7. The maximum Gasteiger partial charge on any atom is 0.314 e. The third-order valence-electron chi connectivity index (χ3n) is 3.97. The number of H-pyrrole nitrogens is 2. The largest absolute Gasteiger partial charge is 0.316 e. The lowest BCUT2D eigenvalue weighted by molar-refractivity contribution is 0.272. The predicted molar refractivity (Wildman–Crippen MR) is 99.1 cm³/mol. The molecule has 24 heavy (non-hydrogen) atoms. The minimum Gasteiger partial charge on any atom is -0.316 e. The summed E-state index contributed by atoms with van der Waals surface area (Å²) < 4.78 is 0.864. The van der Waals surface area contributed by atoms with E-state index in [4.69, 9.17) is 0 Å². The quantitative estimate of drug-likeness (QED) is 0.661. The average Bonchev–Trinajstić information content (AvgIpc) is 2.57. The van der Waals surface area contributed by atoms with Gasteiger partial charge in [0, 0.05) is 17.6 Å². The standard InChI is InChI=1S/C18H18BrN3O2/c1-2-22(10-12-6-4-3-5-7-12)11-13-8-14(19)9-15-16(13)21-18(24)17(23)20-15/h3-9H,2,10-11H2,1H3,(H,20,23)(H,21,24). The second-order valence-corrected chi connectivity index (χ2v) is 6.60. The lowest BCUT2D eigenvalue weighted by Crippen LogP contribution is -2.30. The van der Waals surface area contributed by atoms with Gasteiger partial charge < -0.3 is 9.97 Å². The Balaban J connectivity index is 1.97. The average molecular weight is 388 g/mol. The van der Waals surface area contributed by atoms with Gasteiger partial charge in [0.25, 0.3) is 0 Å². The third kappa shape index (κ3) is 3.66. The maximum absolute atomic E-state index is 11.7. The number of halogens is 1. The van der Waals surface area contributed by atoms with Crippen LogP contribution in [0.3, 0.4) is 0 Å². The van der Waals surface area contributed by atoms with Gasteiger partial charge in [-0.05, 0) is 29.8 Å². The summed E-state index contributed by atoms with van der Waals surface area (Å²) in [6.45, 7) is 4.46. The van der Waals surface area contributed by atoms with E-state index < -0.39 is 11.1 Å². The van der Waals surface area contributed by atoms with E-state index in [-0.39, 0.29) is 0 Å². The molecule has 0 saturated carbocycles. The first-order valence-corrected chi connectivity index (χ1v) is 8.57. The molecule has 0 bridgehead atoms. The van der Waals surface area contributed by atoms with Crippen molar-refractivity contribution in [3.63, 3.8) is 0 Å². The van der Waals surface area contributed by atoms with Crippen LogP contribution in [0.25, 0.3) is 11.0 Å². The fourth-order valence-corrected chi connectivity index (χ4v) is 3.25. The van der Waals surface area contributed by atoms with E-state index in [2.05, 4.69) is 49.9 Å². The first-order valence-electron chi connectivity index (χ1n) is 7.78. The molecule has 1 heterocycles. The molecule has 5 nitrogen and oxygen atoms in total. The summed E-state index contributed by atoms with van der Waals surface area (Å²) in [4.78, 5) is 30.9. The van der Waals surface area contributed by atoms with Crippen molar-refractivity contribution in [3.8, 4) is 0 Å². The molecule has 6 heteroatoms. The zero-order chi connectivity index (χ0) is 17.1. The topological polar surface area (TPSA) is 69.0 Å². The van der Waals surface area contributed by atoms with Gasteiger partial charge in [-0.15, -0.1) is 0 Å². The van der Waals surface area contributed by atoms with E-state index in [1.807, 2.05) is 24.3 Å². The number of rotatable bonds is 5. The summed E-state index contributed by atoms with van der Waals surface area (Å²) in [5.41, 5.74) is 2.24.